The van der Waals surface area contributed by atoms with Crippen molar-refractivity contribution < 1.29 is 13.9 Å². The first-order chi connectivity index (χ1) is 15.1. The summed E-state index contributed by atoms with van der Waals surface area (Å²) in [6.45, 7) is 3.26. The number of nitrogens with zero attached hydrogens (tertiary/aromatic N) is 2. The van der Waals surface area contributed by atoms with Gasteiger partial charge in [-0.15, -0.1) is 0 Å². The minimum Gasteiger partial charge on any atom is -0.493 e. The monoisotopic (exact) mass is 422 g/mol. The molecule has 2 N–H and O–H groups in total. The third kappa shape index (κ3) is 4.44. The van der Waals surface area contributed by atoms with Gasteiger partial charge in [-0.2, -0.15) is 5.10 Å². The number of aryl methyl sites for hydroxylation is 1. The van der Waals surface area contributed by atoms with Crippen LogP contribution in [-0.2, 0) is 6.54 Å². The van der Waals surface area contributed by atoms with Gasteiger partial charge in [0.05, 0.1) is 18.5 Å². The Labute approximate surface area is 178 Å². The van der Waals surface area contributed by atoms with Crippen LogP contribution in [0, 0.1) is 12.7 Å². The van der Waals surface area contributed by atoms with Crippen LogP contribution in [-0.4, -0.2) is 35.0 Å². The van der Waals surface area contributed by atoms with Crippen molar-refractivity contribution in [2.24, 2.45) is 0 Å². The lowest BCUT2D eigenvalue weighted by atomic mass is 10.2. The Hall–Kier alpha value is -3.65. The van der Waals surface area contributed by atoms with E-state index in [2.05, 4.69) is 15.4 Å². The Morgan fingerprint density at radius 3 is 2.61 bits per heavy atom. The third-order valence-electron chi connectivity index (χ3n) is 4.94. The maximum Gasteiger partial charge on any atom is 0.254 e. The molecule has 4 rings (SSSR count). The molecule has 0 unspecified atom stereocenters. The number of hydrogen-bond donors (Lipinski definition) is 2. The fourth-order valence-corrected chi connectivity index (χ4v) is 3.35. The molecule has 8 heteroatoms. The van der Waals surface area contributed by atoms with Crippen LogP contribution in [0.3, 0.4) is 0 Å². The number of pyridine rings is 1. The van der Waals surface area contributed by atoms with Gasteiger partial charge in [-0.05, 0) is 49.4 Å². The number of H-pyrrole nitrogens is 1. The van der Waals surface area contributed by atoms with Gasteiger partial charge in [0.2, 0.25) is 0 Å². The molecule has 0 amide bonds. The molecule has 160 valence electrons. The van der Waals surface area contributed by atoms with E-state index in [4.69, 9.17) is 9.47 Å². The van der Waals surface area contributed by atoms with Crippen LogP contribution < -0.4 is 20.3 Å². The molecule has 0 aliphatic heterocycles. The molecule has 0 saturated carbocycles. The number of aromatic nitrogens is 3. The zero-order valence-corrected chi connectivity index (χ0v) is 17.3. The average Bonchev–Trinajstić information content (AvgIpc) is 3.09. The van der Waals surface area contributed by atoms with Crippen molar-refractivity contribution in [2.75, 3.05) is 20.3 Å². The first-order valence-electron chi connectivity index (χ1n) is 9.91. The van der Waals surface area contributed by atoms with E-state index in [0.29, 0.717) is 48.1 Å². The number of rotatable bonds is 8. The zero-order valence-electron chi connectivity index (χ0n) is 17.3. The number of fused-ring (bicyclic) bond motifs is 1. The Balaban J connectivity index is 1.44. The van der Waals surface area contributed by atoms with E-state index < -0.39 is 0 Å². The van der Waals surface area contributed by atoms with Crippen LogP contribution >= 0.6 is 0 Å². The summed E-state index contributed by atoms with van der Waals surface area (Å²) >= 11 is 0. The van der Waals surface area contributed by atoms with E-state index in [9.17, 15) is 9.18 Å². The summed E-state index contributed by atoms with van der Waals surface area (Å²) < 4.78 is 25.8. The molecule has 0 radical (unpaired) electrons. The zero-order chi connectivity index (χ0) is 21.8. The standard InChI is InChI=1S/C23H23FN4O3/c1-15-19-13-16(14-25-11-12-31-21-6-4-3-5-20(21)30-2)23(29)26-22(19)28(27-15)18-9-7-17(24)8-10-18/h3-10,13,25H,11-12,14H2,1-2H3,(H,26,29). The molecule has 0 fully saturated rings. The number of para-hydroxylation sites is 2. The molecular weight excluding hydrogens is 399 g/mol. The second-order valence-corrected chi connectivity index (χ2v) is 7.04. The van der Waals surface area contributed by atoms with Crippen molar-refractivity contribution in [3.63, 3.8) is 0 Å². The molecule has 4 aromatic rings. The van der Waals surface area contributed by atoms with E-state index in [0.717, 1.165) is 11.1 Å². The second kappa shape index (κ2) is 9.01. The second-order valence-electron chi connectivity index (χ2n) is 7.04. The number of benzene rings is 2. The highest BCUT2D eigenvalue weighted by Gasteiger charge is 2.13. The molecule has 2 aromatic heterocycles. The summed E-state index contributed by atoms with van der Waals surface area (Å²) in [5.41, 5.74) is 2.43. The molecular formula is C23H23FN4O3. The van der Waals surface area contributed by atoms with E-state index in [1.54, 1.807) is 23.9 Å². The summed E-state index contributed by atoms with van der Waals surface area (Å²) in [4.78, 5) is 15.5. The Morgan fingerprint density at radius 2 is 1.87 bits per heavy atom. The summed E-state index contributed by atoms with van der Waals surface area (Å²) in [6, 6.07) is 15.3. The molecule has 0 aliphatic carbocycles. The number of ether oxygens (including phenoxy) is 2. The SMILES string of the molecule is COc1ccccc1OCCNCc1cc2c(C)nn(-c3ccc(F)cc3)c2[nH]c1=O. The van der Waals surface area contributed by atoms with Crippen molar-refractivity contribution in [2.45, 2.75) is 13.5 Å². The number of hydrogen-bond acceptors (Lipinski definition) is 5. The van der Waals surface area contributed by atoms with Gasteiger partial charge in [-0.25, -0.2) is 9.07 Å². The lowest BCUT2D eigenvalue weighted by molar-refractivity contribution is 0.292. The Bertz CT molecular complexity index is 1250. The van der Waals surface area contributed by atoms with Gasteiger partial charge >= 0.3 is 0 Å². The van der Waals surface area contributed by atoms with Gasteiger partial charge in [0.25, 0.3) is 5.56 Å². The minimum absolute atomic E-state index is 0.200. The molecule has 0 spiro atoms. The molecule has 2 aromatic carbocycles. The predicted octanol–water partition coefficient (Wildman–Crippen LogP) is 3.34. The van der Waals surface area contributed by atoms with E-state index in [-0.39, 0.29) is 11.4 Å². The van der Waals surface area contributed by atoms with Crippen LogP contribution in [0.15, 0.2) is 59.4 Å². The van der Waals surface area contributed by atoms with Gasteiger partial charge in [0.1, 0.15) is 18.1 Å². The topological polar surface area (TPSA) is 81.2 Å². The fourth-order valence-electron chi connectivity index (χ4n) is 3.35. The first-order valence-corrected chi connectivity index (χ1v) is 9.91. The van der Waals surface area contributed by atoms with Crippen LogP contribution in [0.25, 0.3) is 16.7 Å². The lowest BCUT2D eigenvalue weighted by Gasteiger charge is -2.10. The van der Waals surface area contributed by atoms with Gasteiger partial charge < -0.3 is 19.8 Å². The molecule has 0 atom stereocenters. The third-order valence-corrected chi connectivity index (χ3v) is 4.94. The Kier molecular flexibility index (Phi) is 5.99. The van der Waals surface area contributed by atoms with Gasteiger partial charge in [0, 0.05) is 24.0 Å². The molecule has 2 heterocycles. The molecule has 0 bridgehead atoms. The highest BCUT2D eigenvalue weighted by Crippen LogP contribution is 2.25. The highest BCUT2D eigenvalue weighted by molar-refractivity contribution is 5.80. The summed E-state index contributed by atoms with van der Waals surface area (Å²) in [5.74, 6) is 1.03. The minimum atomic E-state index is -0.325. The molecule has 31 heavy (non-hydrogen) atoms. The van der Waals surface area contributed by atoms with Gasteiger partial charge in [0.15, 0.2) is 11.5 Å². The summed E-state index contributed by atoms with van der Waals surface area (Å²) in [6.07, 6.45) is 0. The van der Waals surface area contributed by atoms with Crippen molar-refractivity contribution in [1.82, 2.24) is 20.1 Å². The van der Waals surface area contributed by atoms with Gasteiger partial charge in [-0.1, -0.05) is 12.1 Å². The summed E-state index contributed by atoms with van der Waals surface area (Å²) in [5, 5.41) is 8.57. The van der Waals surface area contributed by atoms with Gasteiger partial charge in [-0.3, -0.25) is 4.79 Å². The van der Waals surface area contributed by atoms with Crippen molar-refractivity contribution in [3.8, 4) is 17.2 Å². The Morgan fingerprint density at radius 1 is 1.13 bits per heavy atom. The fraction of sp³-hybridized carbons (Fsp3) is 0.217. The number of nitrogens with one attached hydrogen (secondary N) is 2. The lowest BCUT2D eigenvalue weighted by Crippen LogP contribution is -2.25. The van der Waals surface area contributed by atoms with E-state index in [1.165, 1.54) is 12.1 Å². The first kappa shape index (κ1) is 20.6. The normalized spacial score (nSPS) is 11.1. The van der Waals surface area contributed by atoms with Crippen LogP contribution in [0.4, 0.5) is 4.39 Å². The van der Waals surface area contributed by atoms with Crippen molar-refractivity contribution >= 4 is 11.0 Å². The largest absolute Gasteiger partial charge is 0.493 e. The molecule has 0 saturated heterocycles. The number of aromatic amines is 1. The van der Waals surface area contributed by atoms with Crippen LogP contribution in [0.5, 0.6) is 11.5 Å². The van der Waals surface area contributed by atoms with Crippen molar-refractivity contribution in [1.29, 1.82) is 0 Å². The smallest absolute Gasteiger partial charge is 0.254 e. The molecule has 7 nitrogen and oxygen atoms in total. The van der Waals surface area contributed by atoms with E-state index in [1.807, 2.05) is 37.3 Å². The molecule has 0 aliphatic rings. The van der Waals surface area contributed by atoms with Crippen molar-refractivity contribution in [3.05, 3.63) is 82.0 Å². The summed E-state index contributed by atoms with van der Waals surface area (Å²) in [7, 11) is 1.60. The number of methoxy groups -OCH3 is 1. The highest BCUT2D eigenvalue weighted by atomic mass is 19.1. The maximum absolute atomic E-state index is 13.2. The maximum atomic E-state index is 13.2. The number of halogens is 1. The predicted molar refractivity (Wildman–Crippen MR) is 117 cm³/mol. The van der Waals surface area contributed by atoms with E-state index >= 15 is 0 Å². The van der Waals surface area contributed by atoms with Crippen LogP contribution in [0.1, 0.15) is 11.3 Å². The average molecular weight is 422 g/mol. The van der Waals surface area contributed by atoms with Crippen LogP contribution in [0.2, 0.25) is 0 Å². The quantitative estimate of drug-likeness (QED) is 0.426.